The van der Waals surface area contributed by atoms with Gasteiger partial charge in [0.15, 0.2) is 9.84 Å². The number of hydrogen-bond acceptors (Lipinski definition) is 8. The Bertz CT molecular complexity index is 1560. The van der Waals surface area contributed by atoms with Crippen LogP contribution in [0.4, 0.5) is 16.4 Å². The minimum absolute atomic E-state index is 0.0540. The Balaban J connectivity index is 1.48. The molecule has 0 saturated carbocycles. The Labute approximate surface area is 226 Å². The number of aryl methyl sites for hydroxylation is 1. The number of nitrogens with zero attached hydrogens (tertiary/aromatic N) is 4. The van der Waals surface area contributed by atoms with Crippen molar-refractivity contribution in [2.75, 3.05) is 24.2 Å². The van der Waals surface area contributed by atoms with Crippen molar-refractivity contribution in [3.8, 4) is 0 Å². The highest BCUT2D eigenvalue weighted by atomic mass is 35.5. The Morgan fingerprint density at radius 3 is 2.53 bits per heavy atom. The first-order valence-corrected chi connectivity index (χ1v) is 14.3. The number of hydrogen-bond donors (Lipinski definition) is 1. The summed E-state index contributed by atoms with van der Waals surface area (Å²) in [4.78, 5) is 35.3. The van der Waals surface area contributed by atoms with Crippen LogP contribution in [0.2, 0.25) is 5.02 Å². The van der Waals surface area contributed by atoms with E-state index < -0.39 is 21.5 Å². The number of pyridine rings is 1. The van der Waals surface area contributed by atoms with E-state index in [1.807, 2.05) is 13.8 Å². The first-order valence-electron chi connectivity index (χ1n) is 12.3. The highest BCUT2D eigenvalue weighted by molar-refractivity contribution is 7.91. The maximum atomic E-state index is 13.0. The third-order valence-corrected chi connectivity index (χ3v) is 8.27. The van der Waals surface area contributed by atoms with Crippen molar-refractivity contribution >= 4 is 50.2 Å². The molecule has 0 unspecified atom stereocenters. The largest absolute Gasteiger partial charge is 0.444 e. The fraction of sp³-hybridized carbons (Fsp3) is 0.462. The number of carbonyl (C=O) groups is 1. The Kier molecular flexibility index (Phi) is 7.46. The van der Waals surface area contributed by atoms with E-state index in [0.29, 0.717) is 35.4 Å². The number of likely N-dealkylation sites (tertiary alicyclic amines) is 1. The predicted octanol–water partition coefficient (Wildman–Crippen LogP) is 4.72. The van der Waals surface area contributed by atoms with Gasteiger partial charge in [0.05, 0.1) is 10.6 Å². The van der Waals surface area contributed by atoms with Gasteiger partial charge in [-0.1, -0.05) is 11.6 Å². The zero-order valence-electron chi connectivity index (χ0n) is 22.3. The van der Waals surface area contributed by atoms with Gasteiger partial charge in [0, 0.05) is 42.3 Å². The summed E-state index contributed by atoms with van der Waals surface area (Å²) in [6.07, 6.45) is 1.16. The summed E-state index contributed by atoms with van der Waals surface area (Å²) >= 11 is 6.09. The molecule has 0 atom stereocenters. The number of carbonyl (C=O) groups excluding carboxylic acids is 1. The van der Waals surface area contributed by atoms with Gasteiger partial charge >= 0.3 is 6.09 Å². The van der Waals surface area contributed by atoms with Crippen LogP contribution in [0.3, 0.4) is 0 Å². The molecule has 2 aromatic heterocycles. The van der Waals surface area contributed by atoms with E-state index in [1.54, 1.807) is 58.2 Å². The molecule has 1 aliphatic rings. The zero-order chi connectivity index (χ0) is 28.0. The third kappa shape index (κ3) is 5.94. The molecule has 1 N–H and O–H groups in total. The number of aromatic nitrogens is 3. The average molecular weight is 562 g/mol. The van der Waals surface area contributed by atoms with Gasteiger partial charge in [-0.25, -0.2) is 18.2 Å². The van der Waals surface area contributed by atoms with Gasteiger partial charge in [-0.3, -0.25) is 9.36 Å². The normalized spacial score (nSPS) is 14.6. The van der Waals surface area contributed by atoms with Gasteiger partial charge in [0.25, 0.3) is 5.56 Å². The second kappa shape index (κ2) is 10.2. The molecule has 0 spiro atoms. The van der Waals surface area contributed by atoms with Gasteiger partial charge in [0.2, 0.25) is 5.95 Å². The van der Waals surface area contributed by atoms with E-state index in [-0.39, 0.29) is 39.1 Å². The molecule has 1 aliphatic heterocycles. The molecule has 0 aliphatic carbocycles. The fourth-order valence-electron chi connectivity index (χ4n) is 4.27. The van der Waals surface area contributed by atoms with Crippen molar-refractivity contribution in [1.82, 2.24) is 19.4 Å². The van der Waals surface area contributed by atoms with Crippen LogP contribution in [0.5, 0.6) is 0 Å². The summed E-state index contributed by atoms with van der Waals surface area (Å²) in [6, 6.07) is 6.19. The number of sulfone groups is 1. The lowest BCUT2D eigenvalue weighted by Gasteiger charge is -2.39. The number of amides is 1. The molecule has 38 heavy (non-hydrogen) atoms. The van der Waals surface area contributed by atoms with E-state index in [1.165, 1.54) is 9.47 Å². The number of rotatable bonds is 6. The number of fused-ring (bicyclic) bond motifs is 1. The lowest BCUT2D eigenvalue weighted by molar-refractivity contribution is 0.00191. The molecule has 204 valence electrons. The molecule has 12 heteroatoms. The Hall–Kier alpha value is -3.18. The molecule has 1 amide bonds. The molecule has 10 nitrogen and oxygen atoms in total. The van der Waals surface area contributed by atoms with E-state index in [0.717, 1.165) is 0 Å². The second-order valence-corrected chi connectivity index (χ2v) is 13.3. The van der Waals surface area contributed by atoms with Crippen LogP contribution in [0.1, 0.15) is 46.2 Å². The van der Waals surface area contributed by atoms with Crippen molar-refractivity contribution in [2.24, 2.45) is 5.92 Å². The molecular weight excluding hydrogens is 530 g/mol. The van der Waals surface area contributed by atoms with Crippen molar-refractivity contribution in [3.63, 3.8) is 0 Å². The topological polar surface area (TPSA) is 123 Å². The highest BCUT2D eigenvalue weighted by Crippen LogP contribution is 2.27. The number of anilines is 2. The third-order valence-electron chi connectivity index (χ3n) is 6.11. The van der Waals surface area contributed by atoms with Crippen LogP contribution >= 0.6 is 11.6 Å². The molecule has 0 radical (unpaired) electrons. The van der Waals surface area contributed by atoms with Crippen molar-refractivity contribution in [2.45, 2.75) is 58.1 Å². The molecule has 3 heterocycles. The quantitative estimate of drug-likeness (QED) is 0.458. The first kappa shape index (κ1) is 27.8. The molecule has 4 rings (SSSR count). The second-order valence-electron chi connectivity index (χ2n) is 10.9. The lowest BCUT2D eigenvalue weighted by atomic mass is 10.0. The van der Waals surface area contributed by atoms with Crippen LogP contribution in [0.15, 0.2) is 40.2 Å². The van der Waals surface area contributed by atoms with Crippen LogP contribution in [-0.4, -0.2) is 58.4 Å². The number of ether oxygens (including phenoxy) is 1. The average Bonchev–Trinajstić information content (AvgIpc) is 2.76. The summed E-state index contributed by atoms with van der Waals surface area (Å²) < 4.78 is 32.9. The van der Waals surface area contributed by atoms with E-state index >= 15 is 0 Å². The SMILES string of the molecule is Cc1cc(S(=O)(=O)CC2CN(C(=O)OC(C)(C)C)C2)ccc1Nc1ncc2cc(Cl)c(=O)n(C(C)C)c2n1. The van der Waals surface area contributed by atoms with Crippen LogP contribution < -0.4 is 10.9 Å². The van der Waals surface area contributed by atoms with E-state index in [4.69, 9.17) is 16.3 Å². The van der Waals surface area contributed by atoms with E-state index in [2.05, 4.69) is 15.3 Å². The Morgan fingerprint density at radius 2 is 1.92 bits per heavy atom. The van der Waals surface area contributed by atoms with Gasteiger partial charge in [-0.2, -0.15) is 4.98 Å². The van der Waals surface area contributed by atoms with Gasteiger partial charge in [0.1, 0.15) is 16.3 Å². The molecular formula is C26H32ClN5O5S. The Morgan fingerprint density at radius 1 is 1.24 bits per heavy atom. The first-order chi connectivity index (χ1) is 17.6. The number of benzene rings is 1. The maximum absolute atomic E-state index is 13.0. The van der Waals surface area contributed by atoms with Gasteiger partial charge in [-0.05, 0) is 71.4 Å². The summed E-state index contributed by atoms with van der Waals surface area (Å²) in [5.41, 5.74) is 0.850. The highest BCUT2D eigenvalue weighted by Gasteiger charge is 2.36. The molecule has 1 aromatic carbocycles. The summed E-state index contributed by atoms with van der Waals surface area (Å²) in [7, 11) is -3.56. The zero-order valence-corrected chi connectivity index (χ0v) is 23.9. The van der Waals surface area contributed by atoms with Crippen molar-refractivity contribution < 1.29 is 17.9 Å². The summed E-state index contributed by atoms with van der Waals surface area (Å²) in [6.45, 7) is 11.6. The van der Waals surface area contributed by atoms with Crippen LogP contribution in [-0.2, 0) is 14.6 Å². The standard InChI is InChI=1S/C26H32ClN5O5S/c1-15(2)32-22-18(10-20(27)23(32)33)11-28-24(30-22)29-21-8-7-19(9-16(21)3)38(35,36)14-17-12-31(13-17)25(34)37-26(4,5)6/h7-11,15,17H,12-14H2,1-6H3,(H,28,29,30). The monoisotopic (exact) mass is 561 g/mol. The maximum Gasteiger partial charge on any atom is 0.410 e. The molecule has 0 bridgehead atoms. The molecule has 1 saturated heterocycles. The lowest BCUT2D eigenvalue weighted by Crippen LogP contribution is -2.53. The van der Waals surface area contributed by atoms with Crippen LogP contribution in [0.25, 0.3) is 11.0 Å². The molecule has 3 aromatic rings. The minimum Gasteiger partial charge on any atom is -0.444 e. The molecule has 1 fully saturated rings. The predicted molar refractivity (Wildman–Crippen MR) is 147 cm³/mol. The number of nitrogens with one attached hydrogen (secondary N) is 1. The smallest absolute Gasteiger partial charge is 0.410 e. The summed E-state index contributed by atoms with van der Waals surface area (Å²) in [5, 5.41) is 3.85. The van der Waals surface area contributed by atoms with E-state index in [9.17, 15) is 18.0 Å². The fourth-order valence-corrected chi connectivity index (χ4v) is 6.14. The van der Waals surface area contributed by atoms with Gasteiger partial charge < -0.3 is 15.0 Å². The number of halogens is 1. The van der Waals surface area contributed by atoms with Crippen molar-refractivity contribution in [1.29, 1.82) is 0 Å². The van der Waals surface area contributed by atoms with Crippen LogP contribution in [0, 0.1) is 12.8 Å². The minimum atomic E-state index is -3.56. The van der Waals surface area contributed by atoms with Gasteiger partial charge in [-0.15, -0.1) is 0 Å². The van der Waals surface area contributed by atoms with Crippen molar-refractivity contribution in [3.05, 3.63) is 51.4 Å². The summed E-state index contributed by atoms with van der Waals surface area (Å²) in [5.74, 6) is 0.0643.